The predicted octanol–water partition coefficient (Wildman–Crippen LogP) is -1.18. The van der Waals surface area contributed by atoms with Crippen LogP contribution in [0.5, 0.6) is 11.5 Å². The van der Waals surface area contributed by atoms with E-state index in [1.54, 1.807) is 0 Å². The molecule has 1 aromatic carbocycles. The first-order chi connectivity index (χ1) is 11.9. The van der Waals surface area contributed by atoms with Crippen LogP contribution in [0.25, 0.3) is 0 Å². The number of ether oxygens (including phenoxy) is 3. The number of hydrogen-bond donors (Lipinski definition) is 4. The molecule has 0 amide bonds. The molecular formula is C15H19NO9. The highest BCUT2D eigenvalue weighted by Gasteiger charge is 2.44. The molecular weight excluding hydrogens is 338 g/mol. The summed E-state index contributed by atoms with van der Waals surface area (Å²) in [5, 5.41) is 41.2. The number of hydrogen-bond acceptors (Lipinski definition) is 10. The van der Waals surface area contributed by atoms with Crippen molar-refractivity contribution in [2.75, 3.05) is 20.3 Å². The van der Waals surface area contributed by atoms with Crippen LogP contribution < -0.4 is 9.47 Å². The smallest absolute Gasteiger partial charge is 0.229 e. The van der Waals surface area contributed by atoms with Gasteiger partial charge in [0.05, 0.1) is 13.7 Å². The molecule has 5 atom stereocenters. The van der Waals surface area contributed by atoms with Crippen molar-refractivity contribution in [1.29, 1.82) is 0 Å². The number of methoxy groups -OCH3 is 1. The van der Waals surface area contributed by atoms with Gasteiger partial charge in [-0.15, -0.1) is 0 Å². The predicted molar refractivity (Wildman–Crippen MR) is 82.4 cm³/mol. The summed E-state index contributed by atoms with van der Waals surface area (Å²) >= 11 is 0. The van der Waals surface area contributed by atoms with Gasteiger partial charge in [0.15, 0.2) is 17.3 Å². The Labute approximate surface area is 142 Å². The summed E-state index contributed by atoms with van der Waals surface area (Å²) in [5.74, 6) is -0.302. The molecule has 10 nitrogen and oxygen atoms in total. The van der Waals surface area contributed by atoms with Gasteiger partial charge in [0, 0.05) is 5.56 Å². The number of ketones is 1. The van der Waals surface area contributed by atoms with Crippen LogP contribution in [-0.4, -0.2) is 77.2 Å². The number of rotatable bonds is 7. The fraction of sp³-hybridized carbons (Fsp3) is 0.533. The van der Waals surface area contributed by atoms with Crippen molar-refractivity contribution in [1.82, 2.24) is 0 Å². The lowest BCUT2D eigenvalue weighted by Crippen LogP contribution is -2.60. The molecule has 4 N–H and O–H groups in total. The molecule has 25 heavy (non-hydrogen) atoms. The van der Waals surface area contributed by atoms with Crippen LogP contribution in [0.4, 0.5) is 0 Å². The number of nitrogens with zero attached hydrogens (tertiary/aromatic N) is 1. The topological polar surface area (TPSA) is 155 Å². The lowest BCUT2D eigenvalue weighted by Gasteiger charge is -2.39. The molecule has 0 aromatic heterocycles. The second-order valence-electron chi connectivity index (χ2n) is 5.39. The van der Waals surface area contributed by atoms with Crippen molar-refractivity contribution < 1.29 is 39.4 Å². The Morgan fingerprint density at radius 1 is 1.20 bits per heavy atom. The number of nitroso groups, excluding NO2 is 1. The standard InChI is InChI=1S/C15H19NO9/c1-23-10-4-7(8(18)5-16-22)2-3-9(10)24-15-14(21)13(20)12(19)11(6-17)25-15/h2-4,11-15,17,19-21H,5-6H2,1H3. The zero-order valence-electron chi connectivity index (χ0n) is 13.3. The van der Waals surface area contributed by atoms with E-state index in [0.29, 0.717) is 0 Å². The van der Waals surface area contributed by atoms with Crippen molar-refractivity contribution in [3.05, 3.63) is 28.7 Å². The minimum Gasteiger partial charge on any atom is -0.493 e. The van der Waals surface area contributed by atoms with E-state index >= 15 is 0 Å². The molecule has 0 aliphatic carbocycles. The van der Waals surface area contributed by atoms with E-state index in [-0.39, 0.29) is 17.1 Å². The average Bonchev–Trinajstić information content (AvgIpc) is 2.62. The van der Waals surface area contributed by atoms with Crippen LogP contribution >= 0.6 is 0 Å². The van der Waals surface area contributed by atoms with Crippen molar-refractivity contribution in [2.24, 2.45) is 5.18 Å². The van der Waals surface area contributed by atoms with Gasteiger partial charge in [0.2, 0.25) is 6.29 Å². The van der Waals surface area contributed by atoms with Crippen molar-refractivity contribution >= 4 is 5.78 Å². The summed E-state index contributed by atoms with van der Waals surface area (Å²) in [6.07, 6.45) is -7.17. The number of carbonyl (C=O) groups excluding carboxylic acids is 1. The third kappa shape index (κ3) is 4.11. The Bertz CT molecular complexity index is 621. The molecule has 1 fully saturated rings. The first-order valence-corrected chi connectivity index (χ1v) is 7.40. The van der Waals surface area contributed by atoms with Gasteiger partial charge in [-0.1, -0.05) is 5.18 Å². The third-order valence-electron chi connectivity index (χ3n) is 3.79. The normalized spacial score (nSPS) is 29.1. The lowest BCUT2D eigenvalue weighted by atomic mass is 9.99. The highest BCUT2D eigenvalue weighted by molar-refractivity contribution is 5.98. The van der Waals surface area contributed by atoms with Gasteiger partial charge >= 0.3 is 0 Å². The van der Waals surface area contributed by atoms with E-state index < -0.39 is 49.6 Å². The summed E-state index contributed by atoms with van der Waals surface area (Å²) in [4.78, 5) is 21.9. The molecule has 10 heteroatoms. The molecule has 2 rings (SSSR count). The Morgan fingerprint density at radius 3 is 2.52 bits per heavy atom. The van der Waals surface area contributed by atoms with Gasteiger partial charge in [0.25, 0.3) is 0 Å². The Morgan fingerprint density at radius 2 is 1.92 bits per heavy atom. The number of aliphatic hydroxyl groups is 4. The summed E-state index contributed by atoms with van der Waals surface area (Å²) in [6.45, 7) is -1.11. The largest absolute Gasteiger partial charge is 0.493 e. The molecule has 0 radical (unpaired) electrons. The van der Waals surface area contributed by atoms with Gasteiger partial charge in [-0.25, -0.2) is 0 Å². The fourth-order valence-corrected chi connectivity index (χ4v) is 2.38. The van der Waals surface area contributed by atoms with Crippen molar-refractivity contribution in [3.63, 3.8) is 0 Å². The molecule has 1 saturated heterocycles. The van der Waals surface area contributed by atoms with E-state index in [4.69, 9.17) is 19.3 Å². The zero-order valence-corrected chi connectivity index (χ0v) is 13.3. The van der Waals surface area contributed by atoms with E-state index in [1.165, 1.54) is 25.3 Å². The molecule has 0 saturated carbocycles. The fourth-order valence-electron chi connectivity index (χ4n) is 2.38. The minimum atomic E-state index is -1.58. The highest BCUT2D eigenvalue weighted by atomic mass is 16.7. The van der Waals surface area contributed by atoms with Crippen LogP contribution in [0, 0.1) is 4.91 Å². The van der Waals surface area contributed by atoms with Crippen LogP contribution in [0.2, 0.25) is 0 Å². The first kappa shape index (κ1) is 19.2. The van der Waals surface area contributed by atoms with Gasteiger partial charge < -0.3 is 34.6 Å². The van der Waals surface area contributed by atoms with Gasteiger partial charge in [-0.3, -0.25) is 4.79 Å². The molecule has 1 aliphatic heterocycles. The minimum absolute atomic E-state index is 0.0856. The quantitative estimate of drug-likeness (QED) is 0.348. The summed E-state index contributed by atoms with van der Waals surface area (Å²) in [7, 11) is 1.32. The Balaban J connectivity index is 2.21. The van der Waals surface area contributed by atoms with E-state index in [9.17, 15) is 25.0 Å². The second kappa shape index (κ2) is 8.32. The van der Waals surface area contributed by atoms with Gasteiger partial charge in [-0.2, -0.15) is 4.91 Å². The van der Waals surface area contributed by atoms with Crippen LogP contribution in [0.3, 0.4) is 0 Å². The van der Waals surface area contributed by atoms with Gasteiger partial charge in [-0.05, 0) is 18.2 Å². The summed E-state index contributed by atoms with van der Waals surface area (Å²) in [5.41, 5.74) is 0.178. The average molecular weight is 357 g/mol. The molecule has 1 aromatic rings. The van der Waals surface area contributed by atoms with Crippen molar-refractivity contribution in [3.8, 4) is 11.5 Å². The van der Waals surface area contributed by atoms with Crippen LogP contribution in [0.15, 0.2) is 23.4 Å². The molecule has 1 heterocycles. The van der Waals surface area contributed by atoms with E-state index in [2.05, 4.69) is 5.18 Å². The number of aliphatic hydroxyl groups excluding tert-OH is 4. The molecule has 0 bridgehead atoms. The third-order valence-corrected chi connectivity index (χ3v) is 3.79. The van der Waals surface area contributed by atoms with E-state index in [0.717, 1.165) is 0 Å². The lowest BCUT2D eigenvalue weighted by molar-refractivity contribution is -0.277. The summed E-state index contributed by atoms with van der Waals surface area (Å²) < 4.78 is 15.8. The maximum Gasteiger partial charge on any atom is 0.229 e. The van der Waals surface area contributed by atoms with Gasteiger partial charge in [0.1, 0.15) is 31.0 Å². The SMILES string of the molecule is COc1cc(C(=O)CN=O)ccc1OC1OC(CO)C(O)C(O)C1O. The monoisotopic (exact) mass is 357 g/mol. The van der Waals surface area contributed by atoms with Crippen molar-refractivity contribution in [2.45, 2.75) is 30.7 Å². The second-order valence-corrected chi connectivity index (χ2v) is 5.39. The maximum atomic E-state index is 11.7. The summed E-state index contributed by atoms with van der Waals surface area (Å²) in [6, 6.07) is 4.06. The highest BCUT2D eigenvalue weighted by Crippen LogP contribution is 2.32. The first-order valence-electron chi connectivity index (χ1n) is 7.40. The number of carbonyl (C=O) groups is 1. The molecule has 1 aliphatic rings. The molecule has 138 valence electrons. The molecule has 5 unspecified atom stereocenters. The maximum absolute atomic E-state index is 11.7. The number of benzene rings is 1. The van der Waals surface area contributed by atoms with Crippen LogP contribution in [-0.2, 0) is 4.74 Å². The number of Topliss-reactive ketones (excluding diaryl/α,β-unsaturated/α-hetero) is 1. The Hall–Kier alpha value is -2.11. The van der Waals surface area contributed by atoms with E-state index in [1.807, 2.05) is 0 Å². The Kier molecular flexibility index (Phi) is 6.39. The molecule has 0 spiro atoms. The van der Waals surface area contributed by atoms with Crippen LogP contribution in [0.1, 0.15) is 10.4 Å². The zero-order chi connectivity index (χ0) is 18.6.